The Bertz CT molecular complexity index is 704. The maximum absolute atomic E-state index is 13.0. The zero-order valence-electron chi connectivity index (χ0n) is 13.2. The van der Waals surface area contributed by atoms with Crippen LogP contribution in [0.2, 0.25) is 0 Å². The topological polar surface area (TPSA) is 61.0 Å². The van der Waals surface area contributed by atoms with Gasteiger partial charge in [-0.1, -0.05) is 0 Å². The van der Waals surface area contributed by atoms with Gasteiger partial charge in [0.2, 0.25) is 0 Å². The minimum Gasteiger partial charge on any atom is -0.330 e. The highest BCUT2D eigenvalue weighted by Crippen LogP contribution is 2.30. The molecule has 2 fully saturated rings. The molecule has 5 nitrogen and oxygen atoms in total. The fourth-order valence-corrected chi connectivity index (χ4v) is 3.65. The summed E-state index contributed by atoms with van der Waals surface area (Å²) in [5, 5.41) is 10.5. The van der Waals surface area contributed by atoms with E-state index in [1.165, 1.54) is 12.1 Å². The molecule has 24 heavy (non-hydrogen) atoms. The van der Waals surface area contributed by atoms with Gasteiger partial charge < -0.3 is 10.2 Å². The number of carbonyl (C=O) groups is 1. The number of hydrogen-bond donors (Lipinski definition) is 2. The van der Waals surface area contributed by atoms with Gasteiger partial charge in [-0.3, -0.25) is 9.89 Å². The fraction of sp³-hybridized carbons (Fsp3) is 0.412. The number of halogens is 2. The van der Waals surface area contributed by atoms with E-state index in [1.54, 1.807) is 18.2 Å². The lowest BCUT2D eigenvalue weighted by Crippen LogP contribution is -2.42. The van der Waals surface area contributed by atoms with E-state index in [1.807, 2.05) is 4.90 Å². The summed E-state index contributed by atoms with van der Waals surface area (Å²) < 4.78 is 13.0. The quantitative estimate of drug-likeness (QED) is 0.875. The van der Waals surface area contributed by atoms with Crippen molar-refractivity contribution in [2.45, 2.75) is 31.3 Å². The van der Waals surface area contributed by atoms with E-state index in [9.17, 15) is 9.18 Å². The van der Waals surface area contributed by atoms with Crippen molar-refractivity contribution in [2.75, 3.05) is 13.1 Å². The molecule has 4 rings (SSSR count). The summed E-state index contributed by atoms with van der Waals surface area (Å²) in [6.07, 6.45) is 3.14. The second-order valence-corrected chi connectivity index (χ2v) is 6.26. The summed E-state index contributed by atoms with van der Waals surface area (Å²) in [7, 11) is 0. The van der Waals surface area contributed by atoms with E-state index in [4.69, 9.17) is 0 Å². The second-order valence-electron chi connectivity index (χ2n) is 6.26. The average Bonchev–Trinajstić information content (AvgIpc) is 3.11. The Morgan fingerprint density at radius 3 is 2.71 bits per heavy atom. The number of hydrogen-bond acceptors (Lipinski definition) is 3. The summed E-state index contributed by atoms with van der Waals surface area (Å²) in [5.41, 5.74) is 1.96. The summed E-state index contributed by atoms with van der Waals surface area (Å²) in [5.74, 6) is -0.267. The number of aromatic nitrogens is 2. The maximum Gasteiger partial charge on any atom is 0.272 e. The molecule has 2 aromatic rings. The van der Waals surface area contributed by atoms with E-state index in [2.05, 4.69) is 15.5 Å². The van der Waals surface area contributed by atoms with Crippen molar-refractivity contribution in [3.05, 3.63) is 41.8 Å². The Morgan fingerprint density at radius 2 is 1.92 bits per heavy atom. The summed E-state index contributed by atoms with van der Waals surface area (Å²) in [6.45, 7) is 1.83. The first-order valence-corrected chi connectivity index (χ1v) is 8.07. The number of amides is 1. The molecule has 0 saturated carbocycles. The molecule has 2 unspecified atom stereocenters. The highest BCUT2D eigenvalue weighted by Gasteiger charge is 2.38. The zero-order chi connectivity index (χ0) is 15.8. The number of benzene rings is 1. The molecule has 2 aliphatic rings. The lowest BCUT2D eigenvalue weighted by atomic mass is 10.1. The fourth-order valence-electron chi connectivity index (χ4n) is 3.65. The SMILES string of the molecule is Cl.O=C(c1cc(-c2ccc(F)cc2)n[nH]1)N1C2CCNCC1CC2. The van der Waals surface area contributed by atoms with Crippen molar-refractivity contribution in [3.63, 3.8) is 0 Å². The molecular formula is C17H20ClFN4O. The normalized spacial score (nSPS) is 22.8. The number of nitrogens with zero attached hydrogens (tertiary/aromatic N) is 2. The molecule has 2 atom stereocenters. The molecule has 0 aliphatic carbocycles. The Labute approximate surface area is 146 Å². The van der Waals surface area contributed by atoms with Gasteiger partial charge in [-0.15, -0.1) is 12.4 Å². The van der Waals surface area contributed by atoms with Gasteiger partial charge in [0.05, 0.1) is 5.69 Å². The molecule has 2 bridgehead atoms. The van der Waals surface area contributed by atoms with E-state index >= 15 is 0 Å². The standard InChI is InChI=1S/C17H19FN4O.ClH/c18-12-3-1-11(2-4-12)15-9-16(21-20-15)17(23)22-13-5-6-14(22)10-19-8-7-13;/h1-4,9,13-14,19H,5-8,10H2,(H,20,21);1H. The Kier molecular flexibility index (Phi) is 4.87. The summed E-state index contributed by atoms with van der Waals surface area (Å²) >= 11 is 0. The molecule has 7 heteroatoms. The lowest BCUT2D eigenvalue weighted by molar-refractivity contribution is 0.0674. The van der Waals surface area contributed by atoms with Crippen molar-refractivity contribution in [3.8, 4) is 11.3 Å². The third kappa shape index (κ3) is 3.03. The first-order valence-electron chi connectivity index (χ1n) is 8.07. The predicted octanol–water partition coefficient (Wildman–Crippen LogP) is 2.60. The van der Waals surface area contributed by atoms with Crippen LogP contribution in [0.3, 0.4) is 0 Å². The van der Waals surface area contributed by atoms with Crippen LogP contribution in [0.5, 0.6) is 0 Å². The van der Waals surface area contributed by atoms with Gasteiger partial charge in [-0.2, -0.15) is 5.10 Å². The van der Waals surface area contributed by atoms with Crippen LogP contribution < -0.4 is 5.32 Å². The van der Waals surface area contributed by atoms with Gasteiger partial charge >= 0.3 is 0 Å². The smallest absolute Gasteiger partial charge is 0.272 e. The number of fused-ring (bicyclic) bond motifs is 2. The molecular weight excluding hydrogens is 331 g/mol. The second kappa shape index (κ2) is 6.91. The van der Waals surface area contributed by atoms with Gasteiger partial charge in [0, 0.05) is 24.2 Å². The first-order chi connectivity index (χ1) is 11.2. The van der Waals surface area contributed by atoms with Crippen LogP contribution in [-0.2, 0) is 0 Å². The van der Waals surface area contributed by atoms with Gasteiger partial charge in [0.25, 0.3) is 5.91 Å². The van der Waals surface area contributed by atoms with E-state index in [0.717, 1.165) is 37.9 Å². The lowest BCUT2D eigenvalue weighted by Gasteiger charge is -2.27. The number of nitrogens with one attached hydrogen (secondary N) is 2. The highest BCUT2D eigenvalue weighted by molar-refractivity contribution is 5.94. The van der Waals surface area contributed by atoms with Gasteiger partial charge in [-0.05, 0) is 56.1 Å². The summed E-state index contributed by atoms with van der Waals surface area (Å²) in [6, 6.07) is 8.47. The predicted molar refractivity (Wildman–Crippen MR) is 91.7 cm³/mol. The molecule has 1 amide bonds. The van der Waals surface area contributed by atoms with E-state index in [0.29, 0.717) is 17.4 Å². The Balaban J connectivity index is 0.00000169. The van der Waals surface area contributed by atoms with Crippen molar-refractivity contribution in [1.82, 2.24) is 20.4 Å². The molecule has 2 aliphatic heterocycles. The molecule has 0 radical (unpaired) electrons. The summed E-state index contributed by atoms with van der Waals surface area (Å²) in [4.78, 5) is 14.9. The number of carbonyl (C=O) groups excluding carboxylic acids is 1. The zero-order valence-corrected chi connectivity index (χ0v) is 14.0. The van der Waals surface area contributed by atoms with Crippen LogP contribution in [0.1, 0.15) is 29.8 Å². The van der Waals surface area contributed by atoms with E-state index in [-0.39, 0.29) is 30.2 Å². The van der Waals surface area contributed by atoms with Crippen LogP contribution in [0.15, 0.2) is 30.3 Å². The average molecular weight is 351 g/mol. The minimum absolute atomic E-state index is 0. The monoisotopic (exact) mass is 350 g/mol. The van der Waals surface area contributed by atoms with Gasteiger partial charge in [0.1, 0.15) is 11.5 Å². The van der Waals surface area contributed by atoms with Crippen molar-refractivity contribution in [1.29, 1.82) is 0 Å². The number of rotatable bonds is 2. The molecule has 3 heterocycles. The van der Waals surface area contributed by atoms with Crippen LogP contribution in [0.4, 0.5) is 4.39 Å². The van der Waals surface area contributed by atoms with E-state index < -0.39 is 0 Å². The maximum atomic E-state index is 13.0. The molecule has 1 aromatic heterocycles. The third-order valence-electron chi connectivity index (χ3n) is 4.84. The van der Waals surface area contributed by atoms with Crippen LogP contribution in [0.25, 0.3) is 11.3 Å². The Morgan fingerprint density at radius 1 is 1.17 bits per heavy atom. The molecule has 1 aromatic carbocycles. The number of H-pyrrole nitrogens is 1. The largest absolute Gasteiger partial charge is 0.330 e. The number of aromatic amines is 1. The van der Waals surface area contributed by atoms with Crippen molar-refractivity contribution in [2.24, 2.45) is 0 Å². The van der Waals surface area contributed by atoms with Crippen molar-refractivity contribution >= 4 is 18.3 Å². The molecule has 2 saturated heterocycles. The Hall–Kier alpha value is -1.92. The molecule has 128 valence electrons. The molecule has 0 spiro atoms. The third-order valence-corrected chi connectivity index (χ3v) is 4.84. The first kappa shape index (κ1) is 16.9. The van der Waals surface area contributed by atoms with Crippen molar-refractivity contribution < 1.29 is 9.18 Å². The van der Waals surface area contributed by atoms with Crippen LogP contribution >= 0.6 is 12.4 Å². The van der Waals surface area contributed by atoms with Crippen LogP contribution in [0, 0.1) is 5.82 Å². The van der Waals surface area contributed by atoms with Crippen LogP contribution in [-0.4, -0.2) is 46.2 Å². The van der Waals surface area contributed by atoms with Gasteiger partial charge in [0.15, 0.2) is 0 Å². The van der Waals surface area contributed by atoms with Gasteiger partial charge in [-0.25, -0.2) is 4.39 Å². The molecule has 2 N–H and O–H groups in total. The highest BCUT2D eigenvalue weighted by atomic mass is 35.5. The minimum atomic E-state index is -0.283.